The third-order valence-electron chi connectivity index (χ3n) is 4.40. The fourth-order valence-corrected chi connectivity index (χ4v) is 3.15. The van der Waals surface area contributed by atoms with E-state index >= 15 is 0 Å². The highest BCUT2D eigenvalue weighted by Crippen LogP contribution is 2.34. The Morgan fingerprint density at radius 2 is 1.85 bits per heavy atom. The van der Waals surface area contributed by atoms with Crippen LogP contribution in [-0.4, -0.2) is 10.3 Å². The first-order valence-corrected chi connectivity index (χ1v) is 7.46. The molecule has 2 aromatic rings. The van der Waals surface area contributed by atoms with Gasteiger partial charge >= 0.3 is 0 Å². The standard InChI is InChI=1S/C17H21NO2/c1-12-16(11-19)17(18-20-12)15-9-7-14(8-10-15)13-5-3-2-4-6-13/h7-10,13,19H,2-6,11H2,1H3. The number of aromatic nitrogens is 1. The number of rotatable bonds is 3. The Bertz CT molecular complexity index is 565. The Balaban J connectivity index is 1.85. The minimum absolute atomic E-state index is 0.0327. The van der Waals surface area contributed by atoms with Crippen LogP contribution in [0.4, 0.5) is 0 Å². The van der Waals surface area contributed by atoms with Crippen molar-refractivity contribution in [1.29, 1.82) is 0 Å². The van der Waals surface area contributed by atoms with Gasteiger partial charge in [-0.1, -0.05) is 48.7 Å². The third kappa shape index (κ3) is 2.50. The molecule has 0 saturated heterocycles. The van der Waals surface area contributed by atoms with Crippen molar-refractivity contribution in [3.8, 4) is 11.3 Å². The maximum Gasteiger partial charge on any atom is 0.139 e. The molecule has 1 saturated carbocycles. The molecule has 0 radical (unpaired) electrons. The van der Waals surface area contributed by atoms with Gasteiger partial charge in [0.2, 0.25) is 0 Å². The van der Waals surface area contributed by atoms with Crippen LogP contribution in [-0.2, 0) is 6.61 Å². The second kappa shape index (κ2) is 5.80. The molecule has 0 aliphatic heterocycles. The molecule has 106 valence electrons. The third-order valence-corrected chi connectivity index (χ3v) is 4.40. The van der Waals surface area contributed by atoms with Crippen LogP contribution in [0, 0.1) is 6.92 Å². The minimum atomic E-state index is -0.0327. The van der Waals surface area contributed by atoms with Gasteiger partial charge in [-0.25, -0.2) is 0 Å². The Kier molecular flexibility index (Phi) is 3.88. The molecule has 0 spiro atoms. The number of hydrogen-bond acceptors (Lipinski definition) is 3. The van der Waals surface area contributed by atoms with Gasteiger partial charge in [0, 0.05) is 11.1 Å². The zero-order chi connectivity index (χ0) is 13.9. The molecule has 0 unspecified atom stereocenters. The van der Waals surface area contributed by atoms with E-state index < -0.39 is 0 Å². The van der Waals surface area contributed by atoms with Crippen LogP contribution in [0.5, 0.6) is 0 Å². The van der Waals surface area contributed by atoms with E-state index in [1.807, 2.05) is 6.92 Å². The Morgan fingerprint density at radius 3 is 2.50 bits per heavy atom. The molecule has 0 atom stereocenters. The number of aliphatic hydroxyl groups excluding tert-OH is 1. The maximum absolute atomic E-state index is 9.41. The first-order chi connectivity index (χ1) is 9.79. The van der Waals surface area contributed by atoms with Gasteiger partial charge in [-0.2, -0.15) is 0 Å². The molecule has 1 aromatic heterocycles. The van der Waals surface area contributed by atoms with Crippen molar-refractivity contribution in [2.24, 2.45) is 0 Å². The SMILES string of the molecule is Cc1onc(-c2ccc(C3CCCCC3)cc2)c1CO. The summed E-state index contributed by atoms with van der Waals surface area (Å²) in [6.45, 7) is 1.80. The van der Waals surface area contributed by atoms with Gasteiger partial charge < -0.3 is 9.63 Å². The normalized spacial score (nSPS) is 16.5. The average Bonchev–Trinajstić information content (AvgIpc) is 2.89. The minimum Gasteiger partial charge on any atom is -0.391 e. The number of nitrogens with zero attached hydrogens (tertiary/aromatic N) is 1. The molecule has 1 N–H and O–H groups in total. The summed E-state index contributed by atoms with van der Waals surface area (Å²) in [6.07, 6.45) is 6.70. The maximum atomic E-state index is 9.41. The zero-order valence-corrected chi connectivity index (χ0v) is 11.9. The molecule has 3 nitrogen and oxygen atoms in total. The molecule has 1 aromatic carbocycles. The van der Waals surface area contributed by atoms with Crippen LogP contribution in [0.2, 0.25) is 0 Å². The van der Waals surface area contributed by atoms with Crippen LogP contribution < -0.4 is 0 Å². The van der Waals surface area contributed by atoms with Gasteiger partial charge in [0.25, 0.3) is 0 Å². The van der Waals surface area contributed by atoms with Crippen molar-refractivity contribution in [2.75, 3.05) is 0 Å². The van der Waals surface area contributed by atoms with Crippen molar-refractivity contribution in [2.45, 2.75) is 51.6 Å². The van der Waals surface area contributed by atoms with E-state index in [1.165, 1.54) is 37.7 Å². The van der Waals surface area contributed by atoms with Crippen LogP contribution >= 0.6 is 0 Å². The quantitative estimate of drug-likeness (QED) is 0.910. The molecule has 20 heavy (non-hydrogen) atoms. The van der Waals surface area contributed by atoms with Crippen molar-refractivity contribution in [3.05, 3.63) is 41.2 Å². The molecule has 1 aliphatic carbocycles. The summed E-state index contributed by atoms with van der Waals surface area (Å²) in [7, 11) is 0. The molecular weight excluding hydrogens is 250 g/mol. The Morgan fingerprint density at radius 1 is 1.15 bits per heavy atom. The van der Waals surface area contributed by atoms with Gasteiger partial charge in [0.15, 0.2) is 0 Å². The lowest BCUT2D eigenvalue weighted by atomic mass is 9.84. The topological polar surface area (TPSA) is 46.3 Å². The van der Waals surface area contributed by atoms with Gasteiger partial charge in [-0.3, -0.25) is 0 Å². The van der Waals surface area contributed by atoms with Gasteiger partial charge in [0.1, 0.15) is 11.5 Å². The summed E-state index contributed by atoms with van der Waals surface area (Å²) in [4.78, 5) is 0. The Labute approximate surface area is 119 Å². The number of hydrogen-bond donors (Lipinski definition) is 1. The molecule has 3 heteroatoms. The highest BCUT2D eigenvalue weighted by atomic mass is 16.5. The van der Waals surface area contributed by atoms with E-state index in [0.717, 1.165) is 16.8 Å². The second-order valence-corrected chi connectivity index (χ2v) is 5.68. The fraction of sp³-hybridized carbons (Fsp3) is 0.471. The lowest BCUT2D eigenvalue weighted by Gasteiger charge is -2.22. The van der Waals surface area contributed by atoms with E-state index in [2.05, 4.69) is 29.4 Å². The van der Waals surface area contributed by atoms with Crippen molar-refractivity contribution in [1.82, 2.24) is 5.16 Å². The van der Waals surface area contributed by atoms with Crippen molar-refractivity contribution < 1.29 is 9.63 Å². The highest BCUT2D eigenvalue weighted by Gasteiger charge is 2.17. The highest BCUT2D eigenvalue weighted by molar-refractivity contribution is 5.63. The van der Waals surface area contributed by atoms with Gasteiger partial charge in [0.05, 0.1) is 6.61 Å². The average molecular weight is 271 g/mol. The fourth-order valence-electron chi connectivity index (χ4n) is 3.15. The van der Waals surface area contributed by atoms with Gasteiger partial charge in [-0.05, 0) is 31.2 Å². The number of aryl methyl sites for hydroxylation is 1. The van der Waals surface area contributed by atoms with E-state index in [4.69, 9.17) is 4.52 Å². The molecule has 1 fully saturated rings. The lowest BCUT2D eigenvalue weighted by Crippen LogP contribution is -2.04. The zero-order valence-electron chi connectivity index (χ0n) is 11.9. The molecule has 1 heterocycles. The van der Waals surface area contributed by atoms with Crippen molar-refractivity contribution >= 4 is 0 Å². The van der Waals surface area contributed by atoms with Crippen LogP contribution in [0.25, 0.3) is 11.3 Å². The van der Waals surface area contributed by atoms with E-state index in [-0.39, 0.29) is 6.61 Å². The summed E-state index contributed by atoms with van der Waals surface area (Å²) in [5.74, 6) is 1.41. The predicted octanol–water partition coefficient (Wildman–Crippen LogP) is 4.19. The Hall–Kier alpha value is -1.61. The molecule has 1 aliphatic rings. The molecule has 0 bridgehead atoms. The van der Waals surface area contributed by atoms with E-state index in [9.17, 15) is 5.11 Å². The molecule has 3 rings (SSSR count). The van der Waals surface area contributed by atoms with Crippen LogP contribution in [0.1, 0.15) is 54.9 Å². The first-order valence-electron chi connectivity index (χ1n) is 7.46. The van der Waals surface area contributed by atoms with Gasteiger partial charge in [-0.15, -0.1) is 0 Å². The largest absolute Gasteiger partial charge is 0.391 e. The van der Waals surface area contributed by atoms with E-state index in [1.54, 1.807) is 0 Å². The number of benzene rings is 1. The van der Waals surface area contributed by atoms with Crippen LogP contribution in [0.3, 0.4) is 0 Å². The summed E-state index contributed by atoms with van der Waals surface area (Å²) in [5, 5.41) is 13.5. The first kappa shape index (κ1) is 13.4. The second-order valence-electron chi connectivity index (χ2n) is 5.68. The monoisotopic (exact) mass is 271 g/mol. The molecule has 0 amide bonds. The predicted molar refractivity (Wildman–Crippen MR) is 78.4 cm³/mol. The summed E-state index contributed by atoms with van der Waals surface area (Å²) in [6, 6.07) is 8.60. The number of aliphatic hydroxyl groups is 1. The van der Waals surface area contributed by atoms with E-state index in [0.29, 0.717) is 11.7 Å². The summed E-state index contributed by atoms with van der Waals surface area (Å²) >= 11 is 0. The lowest BCUT2D eigenvalue weighted by molar-refractivity contribution is 0.278. The van der Waals surface area contributed by atoms with Crippen LogP contribution in [0.15, 0.2) is 28.8 Å². The summed E-state index contributed by atoms with van der Waals surface area (Å²) < 4.78 is 5.18. The summed E-state index contributed by atoms with van der Waals surface area (Å²) in [5.41, 5.74) is 4.00. The molecular formula is C17H21NO2. The van der Waals surface area contributed by atoms with Crippen molar-refractivity contribution in [3.63, 3.8) is 0 Å². The smallest absolute Gasteiger partial charge is 0.139 e.